The molecule has 2 N–H and O–H groups in total. The van der Waals surface area contributed by atoms with Gasteiger partial charge in [-0.05, 0) is 48.4 Å². The normalized spacial score (nSPS) is 14.8. The Balaban J connectivity index is 1.29. The van der Waals surface area contributed by atoms with Crippen LogP contribution in [-0.4, -0.2) is 74.0 Å². The Morgan fingerprint density at radius 2 is 1.45 bits per heavy atom. The number of piperazine rings is 1. The first-order valence-corrected chi connectivity index (χ1v) is 10.7. The van der Waals surface area contributed by atoms with E-state index in [-0.39, 0.29) is 36.5 Å². The fourth-order valence-electron chi connectivity index (χ4n) is 3.49. The number of anilines is 1. The van der Waals surface area contributed by atoms with Crippen molar-refractivity contribution in [2.24, 2.45) is 0 Å². The third-order valence-corrected chi connectivity index (χ3v) is 5.21. The molecule has 2 aromatic carbocycles. The molecule has 0 aliphatic carbocycles. The topological polar surface area (TPSA) is 73.9 Å². The lowest BCUT2D eigenvalue weighted by atomic mass is 10.1. The molecule has 0 unspecified atom stereocenters. The van der Waals surface area contributed by atoms with Gasteiger partial charge in [-0.2, -0.15) is 8.78 Å². The molecule has 33 heavy (non-hydrogen) atoms. The first-order valence-electron chi connectivity index (χ1n) is 10.7. The molecule has 0 atom stereocenters. The molecule has 7 nitrogen and oxygen atoms in total. The summed E-state index contributed by atoms with van der Waals surface area (Å²) in [5.74, 6) is -0.508. The van der Waals surface area contributed by atoms with Crippen LogP contribution >= 0.6 is 0 Å². The van der Waals surface area contributed by atoms with Gasteiger partial charge in [-0.25, -0.2) is 4.39 Å². The number of hydrogen-bond donors (Lipinski definition) is 2. The van der Waals surface area contributed by atoms with Crippen LogP contribution < -0.4 is 15.4 Å². The number of rotatable bonds is 10. The Labute approximate surface area is 190 Å². The van der Waals surface area contributed by atoms with Crippen molar-refractivity contribution < 1.29 is 27.5 Å². The minimum Gasteiger partial charge on any atom is -0.435 e. The van der Waals surface area contributed by atoms with Crippen LogP contribution in [-0.2, 0) is 16.0 Å². The molecule has 3 rings (SSSR count). The fourth-order valence-corrected chi connectivity index (χ4v) is 3.49. The zero-order valence-corrected chi connectivity index (χ0v) is 18.1. The van der Waals surface area contributed by atoms with Crippen LogP contribution in [0.4, 0.5) is 18.9 Å². The summed E-state index contributed by atoms with van der Waals surface area (Å²) in [5.41, 5.74) is 1.46. The second kappa shape index (κ2) is 12.2. The Bertz CT molecular complexity index is 902. The van der Waals surface area contributed by atoms with Gasteiger partial charge in [0, 0.05) is 38.4 Å². The largest absolute Gasteiger partial charge is 0.435 e. The number of benzene rings is 2. The lowest BCUT2D eigenvalue weighted by Gasteiger charge is -2.33. The first kappa shape index (κ1) is 24.5. The van der Waals surface area contributed by atoms with Crippen molar-refractivity contribution in [1.82, 2.24) is 15.1 Å². The van der Waals surface area contributed by atoms with E-state index in [0.717, 1.165) is 5.56 Å². The van der Waals surface area contributed by atoms with Crippen molar-refractivity contribution in [3.05, 3.63) is 59.9 Å². The van der Waals surface area contributed by atoms with Crippen molar-refractivity contribution in [2.75, 3.05) is 51.1 Å². The third kappa shape index (κ3) is 8.74. The maximum absolute atomic E-state index is 12.9. The molecule has 2 amide bonds. The van der Waals surface area contributed by atoms with Crippen molar-refractivity contribution in [1.29, 1.82) is 0 Å². The van der Waals surface area contributed by atoms with Crippen molar-refractivity contribution in [3.63, 3.8) is 0 Å². The van der Waals surface area contributed by atoms with Crippen LogP contribution in [0.15, 0.2) is 48.5 Å². The van der Waals surface area contributed by atoms with Crippen molar-refractivity contribution >= 4 is 17.5 Å². The van der Waals surface area contributed by atoms with Crippen LogP contribution in [0.2, 0.25) is 0 Å². The van der Waals surface area contributed by atoms with Crippen LogP contribution in [0, 0.1) is 5.82 Å². The SMILES string of the molecule is O=C(CN1CCN(CC(=O)Nc2ccc(F)cc2)CC1)NCCc1ccc(OC(F)F)cc1. The van der Waals surface area contributed by atoms with Gasteiger partial charge < -0.3 is 15.4 Å². The molecule has 0 saturated carbocycles. The van der Waals surface area contributed by atoms with Gasteiger partial charge in [0.1, 0.15) is 11.6 Å². The maximum Gasteiger partial charge on any atom is 0.387 e. The predicted molar refractivity (Wildman–Crippen MR) is 118 cm³/mol. The van der Waals surface area contributed by atoms with Crippen LogP contribution in [0.1, 0.15) is 5.56 Å². The van der Waals surface area contributed by atoms with E-state index in [4.69, 9.17) is 0 Å². The monoisotopic (exact) mass is 464 g/mol. The van der Waals surface area contributed by atoms with E-state index in [9.17, 15) is 22.8 Å². The fraction of sp³-hybridized carbons (Fsp3) is 0.391. The molecule has 1 fully saturated rings. The molecular weight excluding hydrogens is 437 g/mol. The predicted octanol–water partition coefficient (Wildman–Crippen LogP) is 2.34. The minimum absolute atomic E-state index is 0.0878. The molecule has 2 aromatic rings. The Kier molecular flexibility index (Phi) is 9.08. The minimum atomic E-state index is -2.85. The average Bonchev–Trinajstić information content (AvgIpc) is 2.77. The van der Waals surface area contributed by atoms with Gasteiger partial charge in [-0.15, -0.1) is 0 Å². The number of halogens is 3. The molecule has 10 heteroatoms. The Hall–Kier alpha value is -3.11. The van der Waals surface area contributed by atoms with Gasteiger partial charge in [0.25, 0.3) is 0 Å². The average molecular weight is 464 g/mol. The van der Waals surface area contributed by atoms with Gasteiger partial charge in [0.15, 0.2) is 0 Å². The number of ether oxygens (including phenoxy) is 1. The number of hydrogen-bond acceptors (Lipinski definition) is 5. The van der Waals surface area contributed by atoms with Crippen LogP contribution in [0.3, 0.4) is 0 Å². The summed E-state index contributed by atoms with van der Waals surface area (Å²) in [6, 6.07) is 11.9. The van der Waals surface area contributed by atoms with E-state index in [1.807, 2.05) is 9.80 Å². The standard InChI is InChI=1S/C23H27F3N4O3/c24-18-3-5-19(6-4-18)28-22(32)16-30-13-11-29(12-14-30)15-21(31)27-10-9-17-1-7-20(8-2-17)33-23(25)26/h1-8,23H,9-16H2,(H,27,31)(H,28,32). The summed E-state index contributed by atoms with van der Waals surface area (Å²) in [5, 5.41) is 5.61. The maximum atomic E-state index is 12.9. The van der Waals surface area contributed by atoms with Crippen molar-refractivity contribution in [3.8, 4) is 5.75 Å². The van der Waals surface area contributed by atoms with Gasteiger partial charge in [0.2, 0.25) is 11.8 Å². The highest BCUT2D eigenvalue weighted by atomic mass is 19.3. The molecule has 178 valence electrons. The van der Waals surface area contributed by atoms with E-state index in [1.165, 1.54) is 36.4 Å². The first-order chi connectivity index (χ1) is 15.9. The number of nitrogens with one attached hydrogen (secondary N) is 2. The zero-order chi connectivity index (χ0) is 23.6. The molecular formula is C23H27F3N4O3. The lowest BCUT2D eigenvalue weighted by Crippen LogP contribution is -2.51. The van der Waals surface area contributed by atoms with Gasteiger partial charge in [-0.3, -0.25) is 19.4 Å². The number of carbonyl (C=O) groups excluding carboxylic acids is 2. The van der Waals surface area contributed by atoms with E-state index < -0.39 is 6.61 Å². The van der Waals surface area contributed by atoms with E-state index in [2.05, 4.69) is 15.4 Å². The number of amides is 2. The summed E-state index contributed by atoms with van der Waals surface area (Å²) < 4.78 is 41.6. The number of nitrogens with zero attached hydrogens (tertiary/aromatic N) is 2. The molecule has 0 bridgehead atoms. The summed E-state index contributed by atoms with van der Waals surface area (Å²) in [4.78, 5) is 28.4. The number of alkyl halides is 2. The molecule has 0 spiro atoms. The van der Waals surface area contributed by atoms with Gasteiger partial charge in [0.05, 0.1) is 13.1 Å². The van der Waals surface area contributed by atoms with Crippen LogP contribution in [0.5, 0.6) is 5.75 Å². The number of carbonyl (C=O) groups is 2. The smallest absolute Gasteiger partial charge is 0.387 e. The van der Waals surface area contributed by atoms with Gasteiger partial charge in [-0.1, -0.05) is 12.1 Å². The highest BCUT2D eigenvalue weighted by Crippen LogP contribution is 2.15. The second-order valence-electron chi connectivity index (χ2n) is 7.73. The second-order valence-corrected chi connectivity index (χ2v) is 7.73. The highest BCUT2D eigenvalue weighted by Gasteiger charge is 2.20. The van der Waals surface area contributed by atoms with Crippen molar-refractivity contribution in [2.45, 2.75) is 13.0 Å². The lowest BCUT2D eigenvalue weighted by molar-refractivity contribution is -0.123. The van der Waals surface area contributed by atoms with E-state index in [0.29, 0.717) is 44.8 Å². The molecule has 0 aromatic heterocycles. The highest BCUT2D eigenvalue weighted by molar-refractivity contribution is 5.92. The summed E-state index contributed by atoms with van der Waals surface area (Å²) >= 11 is 0. The van der Waals surface area contributed by atoms with Crippen LogP contribution in [0.25, 0.3) is 0 Å². The molecule has 0 radical (unpaired) electrons. The quantitative estimate of drug-likeness (QED) is 0.565. The molecule has 1 saturated heterocycles. The van der Waals surface area contributed by atoms with Gasteiger partial charge >= 0.3 is 6.61 Å². The Morgan fingerprint density at radius 1 is 0.879 bits per heavy atom. The van der Waals surface area contributed by atoms with E-state index >= 15 is 0 Å². The van der Waals surface area contributed by atoms with E-state index in [1.54, 1.807) is 12.1 Å². The third-order valence-electron chi connectivity index (χ3n) is 5.21. The zero-order valence-electron chi connectivity index (χ0n) is 18.1. The molecule has 1 aliphatic heterocycles. The summed E-state index contributed by atoms with van der Waals surface area (Å²) in [7, 11) is 0. The summed E-state index contributed by atoms with van der Waals surface area (Å²) in [6.07, 6.45) is 0.581. The molecule has 1 aliphatic rings. The summed E-state index contributed by atoms with van der Waals surface area (Å²) in [6.45, 7) is 0.766. The molecule has 1 heterocycles. The Morgan fingerprint density at radius 3 is 2.03 bits per heavy atom.